The molecule has 65 heavy (non-hydrogen) atoms. The second-order valence-corrected chi connectivity index (χ2v) is 22.7. The van der Waals surface area contributed by atoms with E-state index in [-0.39, 0.29) is 50.4 Å². The maximum absolute atomic E-state index is 18.9. The summed E-state index contributed by atoms with van der Waals surface area (Å²) in [4.78, 5) is 32.0. The van der Waals surface area contributed by atoms with Crippen molar-refractivity contribution in [1.82, 2.24) is 10.6 Å². The summed E-state index contributed by atoms with van der Waals surface area (Å²) in [5.74, 6) is -5.05. The first-order chi connectivity index (χ1) is 31.7. The fourth-order valence-electron chi connectivity index (χ4n) is 10.8. The molecule has 2 saturated heterocycles. The van der Waals surface area contributed by atoms with E-state index in [0.29, 0.717) is 30.0 Å². The molecule has 0 spiro atoms. The summed E-state index contributed by atoms with van der Waals surface area (Å²) in [5, 5.41) is 6.51. The monoisotopic (exact) mass is 904 g/mol. The van der Waals surface area contributed by atoms with Crippen molar-refractivity contribution in [3.05, 3.63) is 235 Å². The van der Waals surface area contributed by atoms with Crippen molar-refractivity contribution in [2.45, 2.75) is 23.9 Å². The zero-order valence-electron chi connectivity index (χ0n) is 35.3. The summed E-state index contributed by atoms with van der Waals surface area (Å²) in [6, 6.07) is 41.9. The van der Waals surface area contributed by atoms with Crippen molar-refractivity contribution in [2.24, 2.45) is 0 Å². The topological polar surface area (TPSA) is 64.7 Å². The first-order valence-corrected chi connectivity index (χ1v) is 24.9. The first kappa shape index (κ1) is 42.5. The minimum absolute atomic E-state index is 0.140. The number of nitrogens with zero attached hydrogens (tertiary/aromatic N) is 2. The summed E-state index contributed by atoms with van der Waals surface area (Å²) in [7, 11) is 0. The molecule has 0 saturated carbocycles. The fourth-order valence-corrected chi connectivity index (χ4v) is 19.0. The number of carbonyl (C=O) groups excluding carboxylic acids is 2. The number of amides is 2. The number of nitrogens with one attached hydrogen (secondary N) is 2. The quantitative estimate of drug-likeness (QED) is 0.107. The summed E-state index contributed by atoms with van der Waals surface area (Å²) in [6.07, 6.45) is 11.0. The van der Waals surface area contributed by atoms with E-state index >= 15 is 17.6 Å². The van der Waals surface area contributed by atoms with Crippen molar-refractivity contribution in [1.29, 1.82) is 0 Å². The van der Waals surface area contributed by atoms with Gasteiger partial charge < -0.3 is 0 Å². The minimum atomic E-state index is -5.57. The maximum atomic E-state index is 18.9. The fraction of sp³-hybridized carbons (Fsp3) is 0.148. The third-order valence-corrected chi connectivity index (χ3v) is 21.4. The van der Waals surface area contributed by atoms with E-state index in [9.17, 15) is 9.59 Å². The number of piperazine rings is 2. The third-order valence-electron chi connectivity index (χ3n) is 13.5. The molecule has 2 aliphatic heterocycles. The van der Waals surface area contributed by atoms with Crippen LogP contribution < -0.4 is 28.2 Å². The van der Waals surface area contributed by atoms with Gasteiger partial charge in [0.1, 0.15) is 0 Å². The normalized spacial score (nSPS) is 18.0. The number of halogens is 4. The van der Waals surface area contributed by atoms with Crippen LogP contribution >= 0.6 is 0 Å². The molecule has 0 unspecified atom stereocenters. The van der Waals surface area contributed by atoms with Crippen LogP contribution in [0.5, 0.6) is 0 Å². The molecule has 10 rings (SSSR count). The molecule has 6 nitrogen and oxygen atoms in total. The van der Waals surface area contributed by atoms with E-state index in [1.165, 1.54) is 21.9 Å². The summed E-state index contributed by atoms with van der Waals surface area (Å²) >= 11 is -5.57. The molecule has 2 N–H and O–H groups in total. The number of hydrogen-bond acceptors (Lipinski definition) is 4. The van der Waals surface area contributed by atoms with Gasteiger partial charge in [0.25, 0.3) is 0 Å². The Morgan fingerprint density at radius 2 is 0.800 bits per heavy atom. The predicted octanol–water partition coefficient (Wildman–Crippen LogP) is 8.80. The van der Waals surface area contributed by atoms with Crippen LogP contribution in [0.3, 0.4) is 0 Å². The molecule has 0 radical (unpaired) electrons. The Morgan fingerprint density at radius 3 is 1.11 bits per heavy atom. The molecule has 4 aliphatic rings. The van der Waals surface area contributed by atoms with Crippen LogP contribution in [-0.4, -0.2) is 38.0 Å². The molecule has 0 aromatic heterocycles. The van der Waals surface area contributed by atoms with Crippen molar-refractivity contribution in [2.75, 3.05) is 36.0 Å². The van der Waals surface area contributed by atoms with E-state index in [1.807, 2.05) is 133 Å². The van der Waals surface area contributed by atoms with Gasteiger partial charge in [-0.25, -0.2) is 0 Å². The SMILES string of the molecule is O=C1CNCC(c2ccccc2)(c2ccccc2)N1c1ccc(F)[c]([Ti]([C]2=CC=CC2)([C]2=CC=CC2)[c]2c(F)ccc(N3C(=O)CNCC3(c3ccccc3)c3ccccc3)c2F)c1F. The van der Waals surface area contributed by atoms with Crippen molar-refractivity contribution < 1.29 is 43.7 Å². The van der Waals surface area contributed by atoms with Crippen LogP contribution in [0.4, 0.5) is 28.9 Å². The molecular weight excluding hydrogens is 860 g/mol. The zero-order valence-corrected chi connectivity index (χ0v) is 36.8. The molecule has 6 aromatic carbocycles. The summed E-state index contributed by atoms with van der Waals surface area (Å²) < 4.78 is 73.1. The van der Waals surface area contributed by atoms with Gasteiger partial charge in [0.2, 0.25) is 0 Å². The van der Waals surface area contributed by atoms with E-state index in [0.717, 1.165) is 12.1 Å². The van der Waals surface area contributed by atoms with E-state index in [1.54, 1.807) is 24.3 Å². The van der Waals surface area contributed by atoms with Gasteiger partial charge >= 0.3 is 381 Å². The molecule has 6 aromatic rings. The zero-order chi connectivity index (χ0) is 44.8. The third kappa shape index (κ3) is 6.65. The van der Waals surface area contributed by atoms with Gasteiger partial charge in [0.15, 0.2) is 0 Å². The average Bonchev–Trinajstić information content (AvgIpc) is 4.10. The number of anilines is 2. The van der Waals surface area contributed by atoms with E-state index in [4.69, 9.17) is 0 Å². The Morgan fingerprint density at radius 1 is 0.462 bits per heavy atom. The van der Waals surface area contributed by atoms with Gasteiger partial charge in [-0.3, -0.25) is 0 Å². The summed E-state index contributed by atoms with van der Waals surface area (Å²) in [5.41, 5.74) is -0.332. The van der Waals surface area contributed by atoms with Crippen LogP contribution in [0.1, 0.15) is 35.1 Å². The number of carbonyl (C=O) groups is 2. The van der Waals surface area contributed by atoms with Gasteiger partial charge in [0.05, 0.1) is 0 Å². The van der Waals surface area contributed by atoms with Gasteiger partial charge in [-0.1, -0.05) is 0 Å². The molecule has 2 fully saturated rings. The Balaban J connectivity index is 1.27. The van der Waals surface area contributed by atoms with Crippen LogP contribution in [0.25, 0.3) is 0 Å². The van der Waals surface area contributed by atoms with Crippen molar-refractivity contribution in [3.63, 3.8) is 0 Å². The number of hydrogen-bond donors (Lipinski definition) is 2. The molecular formula is C54H44F4N4O2Ti. The van der Waals surface area contributed by atoms with Gasteiger partial charge in [0, 0.05) is 0 Å². The van der Waals surface area contributed by atoms with Crippen LogP contribution in [0.2, 0.25) is 0 Å². The molecule has 11 heteroatoms. The van der Waals surface area contributed by atoms with Crippen LogP contribution in [-0.2, 0) is 37.3 Å². The molecule has 2 aliphatic carbocycles. The van der Waals surface area contributed by atoms with Crippen LogP contribution in [0, 0.1) is 23.3 Å². The first-order valence-electron chi connectivity index (χ1n) is 21.7. The number of rotatable bonds is 10. The van der Waals surface area contributed by atoms with Crippen molar-refractivity contribution in [3.8, 4) is 0 Å². The Kier molecular flexibility index (Phi) is 11.2. The second kappa shape index (κ2) is 17.2. The number of benzene rings is 6. The predicted molar refractivity (Wildman–Crippen MR) is 244 cm³/mol. The molecule has 324 valence electrons. The average molecular weight is 905 g/mol. The van der Waals surface area contributed by atoms with Crippen molar-refractivity contribution >= 4 is 30.9 Å². The molecule has 2 heterocycles. The second-order valence-electron chi connectivity index (χ2n) is 16.8. The van der Waals surface area contributed by atoms with Gasteiger partial charge in [-0.05, 0) is 0 Å². The molecule has 2 amide bonds. The van der Waals surface area contributed by atoms with Gasteiger partial charge in [-0.15, -0.1) is 0 Å². The standard InChI is InChI=1S/2C22H17F2N2O.2C5H5.Ti/c2*23-18-11-12-20(19(24)13-18)26-21(27)14-25-15-22(26,16-7-3-1-4-8-16)17-9-5-2-6-10-17;2*1-2-4-5-3-1;/h2*1-12,25H,14-15H2;2*1-3H,4H2;. The number of allylic oxidation sites excluding steroid dienone is 8. The Bertz CT molecular complexity index is 2660. The van der Waals surface area contributed by atoms with E-state index < -0.39 is 70.5 Å². The molecule has 0 bridgehead atoms. The van der Waals surface area contributed by atoms with Crippen LogP contribution in [0.15, 0.2) is 190 Å². The Labute approximate surface area is 378 Å². The van der Waals surface area contributed by atoms with E-state index in [2.05, 4.69) is 10.6 Å². The molecule has 0 atom stereocenters. The Hall–Kier alpha value is -6.43. The summed E-state index contributed by atoms with van der Waals surface area (Å²) in [6.45, 7) is 0.0895. The van der Waals surface area contributed by atoms with Gasteiger partial charge in [-0.2, -0.15) is 0 Å².